The number of thiophene rings is 3. The van der Waals surface area contributed by atoms with Crippen LogP contribution in [0.5, 0.6) is 0 Å². The quantitative estimate of drug-likeness (QED) is 0.475. The Balaban J connectivity index is 1.27. The van der Waals surface area contributed by atoms with E-state index in [1.54, 1.807) is 40.2 Å². The second-order valence-electron chi connectivity index (χ2n) is 7.02. The highest BCUT2D eigenvalue weighted by Gasteiger charge is 2.28. The van der Waals surface area contributed by atoms with Crippen molar-refractivity contribution < 1.29 is 13.2 Å². The number of sulfonamides is 1. The Labute approximate surface area is 180 Å². The molecule has 9 heteroatoms. The molecule has 0 unspecified atom stereocenters. The minimum Gasteiger partial charge on any atom is -0.338 e. The summed E-state index contributed by atoms with van der Waals surface area (Å²) in [6.07, 6.45) is 1.25. The average Bonchev–Trinajstić information content (AvgIpc) is 3.44. The van der Waals surface area contributed by atoms with Crippen LogP contribution in [0.1, 0.15) is 22.5 Å². The normalized spacial score (nSPS) is 16.1. The zero-order valence-corrected chi connectivity index (χ0v) is 18.6. The molecule has 0 saturated carbocycles. The average molecular weight is 463 g/mol. The summed E-state index contributed by atoms with van der Waals surface area (Å²) in [5, 5.41) is 2.96. The first-order chi connectivity index (χ1) is 14.0. The Bertz CT molecular complexity index is 1280. The summed E-state index contributed by atoms with van der Waals surface area (Å²) in [5.41, 5.74) is 0. The van der Waals surface area contributed by atoms with Crippen LogP contribution < -0.4 is 4.72 Å². The van der Waals surface area contributed by atoms with Gasteiger partial charge >= 0.3 is 0 Å². The molecule has 1 aliphatic heterocycles. The minimum absolute atomic E-state index is 0.0436. The zero-order valence-electron chi connectivity index (χ0n) is 15.3. The van der Waals surface area contributed by atoms with Gasteiger partial charge in [0.05, 0.1) is 9.58 Å². The van der Waals surface area contributed by atoms with Gasteiger partial charge in [-0.3, -0.25) is 4.79 Å². The van der Waals surface area contributed by atoms with Crippen LogP contribution in [0.4, 0.5) is 0 Å². The molecule has 0 spiro atoms. The fourth-order valence-electron chi connectivity index (χ4n) is 3.66. The van der Waals surface area contributed by atoms with E-state index >= 15 is 0 Å². The summed E-state index contributed by atoms with van der Waals surface area (Å²) in [4.78, 5) is 15.6. The van der Waals surface area contributed by atoms with Gasteiger partial charge in [0.15, 0.2) is 0 Å². The summed E-state index contributed by atoms with van der Waals surface area (Å²) in [5.74, 6) is 0.0436. The first-order valence-electron chi connectivity index (χ1n) is 9.27. The Kier molecular flexibility index (Phi) is 4.95. The third-order valence-corrected chi connectivity index (χ3v) is 10.4. The number of carbonyl (C=O) groups excluding carboxylic acids is 1. The largest absolute Gasteiger partial charge is 0.338 e. The van der Waals surface area contributed by atoms with Gasteiger partial charge in [0, 0.05) is 33.9 Å². The van der Waals surface area contributed by atoms with E-state index < -0.39 is 10.0 Å². The van der Waals surface area contributed by atoms with Crippen molar-refractivity contribution in [3.63, 3.8) is 0 Å². The lowest BCUT2D eigenvalue weighted by Gasteiger charge is -2.31. The molecule has 1 N–H and O–H groups in total. The molecule has 0 atom stereocenters. The number of nitrogens with zero attached hydrogens (tertiary/aromatic N) is 1. The van der Waals surface area contributed by atoms with E-state index in [9.17, 15) is 13.2 Å². The van der Waals surface area contributed by atoms with Gasteiger partial charge in [0.25, 0.3) is 5.91 Å². The first kappa shape index (κ1) is 19.2. The van der Waals surface area contributed by atoms with Crippen LogP contribution in [0.3, 0.4) is 0 Å². The van der Waals surface area contributed by atoms with Crippen LogP contribution in [-0.4, -0.2) is 38.4 Å². The SMILES string of the molecule is O=C(c1cc2sc3ccccc3c2s1)N1CCC(NS(=O)(=O)c2cccs2)CC1. The second-order valence-corrected chi connectivity index (χ2v) is 12.0. The van der Waals surface area contributed by atoms with Crippen molar-refractivity contribution in [3.8, 4) is 0 Å². The number of likely N-dealkylation sites (tertiary alicyclic amines) is 1. The fraction of sp³-hybridized carbons (Fsp3) is 0.250. The van der Waals surface area contributed by atoms with Crippen LogP contribution in [0.15, 0.2) is 52.1 Å². The van der Waals surface area contributed by atoms with Gasteiger partial charge in [-0.25, -0.2) is 13.1 Å². The number of benzene rings is 1. The molecule has 1 fully saturated rings. The molecular formula is C20H18N2O3S4. The highest BCUT2D eigenvalue weighted by atomic mass is 32.2. The molecule has 29 heavy (non-hydrogen) atoms. The lowest BCUT2D eigenvalue weighted by Crippen LogP contribution is -2.46. The highest BCUT2D eigenvalue weighted by molar-refractivity contribution is 7.91. The molecule has 3 aromatic heterocycles. The van der Waals surface area contributed by atoms with E-state index in [1.165, 1.54) is 26.1 Å². The molecule has 4 heterocycles. The van der Waals surface area contributed by atoms with E-state index in [0.717, 1.165) is 9.58 Å². The fourth-order valence-corrected chi connectivity index (χ4v) is 8.46. The van der Waals surface area contributed by atoms with Crippen LogP contribution in [0, 0.1) is 0 Å². The molecule has 1 saturated heterocycles. The van der Waals surface area contributed by atoms with Crippen LogP contribution in [-0.2, 0) is 10.0 Å². The predicted molar refractivity (Wildman–Crippen MR) is 121 cm³/mol. The van der Waals surface area contributed by atoms with Crippen molar-refractivity contribution in [1.29, 1.82) is 0 Å². The number of fused-ring (bicyclic) bond motifs is 3. The number of hydrogen-bond acceptors (Lipinski definition) is 6. The number of rotatable bonds is 4. The summed E-state index contributed by atoms with van der Waals surface area (Å²) in [6, 6.07) is 13.5. The summed E-state index contributed by atoms with van der Waals surface area (Å²) in [6.45, 7) is 1.12. The molecule has 5 rings (SSSR count). The topological polar surface area (TPSA) is 66.5 Å². The summed E-state index contributed by atoms with van der Waals surface area (Å²) >= 11 is 4.48. The minimum atomic E-state index is -3.47. The molecule has 0 bridgehead atoms. The lowest BCUT2D eigenvalue weighted by molar-refractivity contribution is 0.0716. The van der Waals surface area contributed by atoms with Crippen molar-refractivity contribution in [2.24, 2.45) is 0 Å². The lowest BCUT2D eigenvalue weighted by atomic mass is 10.1. The molecule has 5 nitrogen and oxygen atoms in total. The Hall–Kier alpha value is -1.78. The van der Waals surface area contributed by atoms with Crippen molar-refractivity contribution >= 4 is 69.4 Å². The van der Waals surface area contributed by atoms with Crippen LogP contribution in [0.25, 0.3) is 19.5 Å². The summed E-state index contributed by atoms with van der Waals surface area (Å²) in [7, 11) is -3.47. The van der Waals surface area contributed by atoms with E-state index in [1.807, 2.05) is 23.1 Å². The number of nitrogens with one attached hydrogen (secondary N) is 1. The van der Waals surface area contributed by atoms with Gasteiger partial charge in [-0.1, -0.05) is 24.3 Å². The smallest absolute Gasteiger partial charge is 0.263 e. The standard InChI is InChI=1S/C20H18N2O3S4/c23-20(17-12-16-19(28-17)14-4-1-2-5-15(14)27-16)22-9-7-13(8-10-22)21-29(24,25)18-6-3-11-26-18/h1-6,11-13,21H,7-10H2. The maximum Gasteiger partial charge on any atom is 0.263 e. The molecule has 4 aromatic rings. The third kappa shape index (κ3) is 3.62. The first-order valence-corrected chi connectivity index (χ1v) is 13.3. The van der Waals surface area contributed by atoms with Crippen molar-refractivity contribution in [1.82, 2.24) is 9.62 Å². The number of piperidine rings is 1. The van der Waals surface area contributed by atoms with Crippen LogP contribution in [0.2, 0.25) is 0 Å². The predicted octanol–water partition coefficient (Wildman–Crippen LogP) is 4.76. The van der Waals surface area contributed by atoms with Crippen LogP contribution >= 0.6 is 34.0 Å². The van der Waals surface area contributed by atoms with Gasteiger partial charge in [-0.2, -0.15) is 0 Å². The second kappa shape index (κ2) is 7.48. The molecule has 1 aromatic carbocycles. The monoisotopic (exact) mass is 462 g/mol. The molecule has 0 radical (unpaired) electrons. The molecule has 0 aliphatic carbocycles. The van der Waals surface area contributed by atoms with Gasteiger partial charge in [-0.05, 0) is 36.4 Å². The van der Waals surface area contributed by atoms with E-state index in [2.05, 4.69) is 16.9 Å². The molecular weight excluding hydrogens is 444 g/mol. The third-order valence-electron chi connectivity index (χ3n) is 5.12. The molecule has 1 amide bonds. The Morgan fingerprint density at radius 1 is 1.03 bits per heavy atom. The van der Waals surface area contributed by atoms with E-state index in [0.29, 0.717) is 30.1 Å². The summed E-state index contributed by atoms with van der Waals surface area (Å²) < 4.78 is 31.5. The number of amides is 1. The van der Waals surface area contributed by atoms with E-state index in [-0.39, 0.29) is 11.9 Å². The van der Waals surface area contributed by atoms with Gasteiger partial charge < -0.3 is 4.90 Å². The maximum atomic E-state index is 13.0. The number of carbonyl (C=O) groups is 1. The molecule has 1 aliphatic rings. The van der Waals surface area contributed by atoms with Gasteiger partial charge in [0.2, 0.25) is 10.0 Å². The Morgan fingerprint density at radius 3 is 2.59 bits per heavy atom. The number of hydrogen-bond donors (Lipinski definition) is 1. The zero-order chi connectivity index (χ0) is 20.0. The Morgan fingerprint density at radius 2 is 1.83 bits per heavy atom. The maximum absolute atomic E-state index is 13.0. The van der Waals surface area contributed by atoms with Gasteiger partial charge in [-0.15, -0.1) is 34.0 Å². The van der Waals surface area contributed by atoms with Crippen molar-refractivity contribution in [2.45, 2.75) is 23.1 Å². The van der Waals surface area contributed by atoms with Crippen molar-refractivity contribution in [3.05, 3.63) is 52.7 Å². The highest BCUT2D eigenvalue weighted by Crippen LogP contribution is 2.39. The van der Waals surface area contributed by atoms with E-state index in [4.69, 9.17) is 0 Å². The van der Waals surface area contributed by atoms with Gasteiger partial charge in [0.1, 0.15) is 4.21 Å². The molecule has 150 valence electrons. The van der Waals surface area contributed by atoms with Crippen molar-refractivity contribution in [2.75, 3.05) is 13.1 Å².